The lowest BCUT2D eigenvalue weighted by Gasteiger charge is -2.20. The van der Waals surface area contributed by atoms with Crippen molar-refractivity contribution in [3.8, 4) is 0 Å². The van der Waals surface area contributed by atoms with Crippen LogP contribution in [0.4, 0.5) is 5.69 Å². The van der Waals surface area contributed by atoms with Gasteiger partial charge in [0.05, 0.1) is 11.5 Å². The van der Waals surface area contributed by atoms with Gasteiger partial charge in [0.1, 0.15) is 11.7 Å². The van der Waals surface area contributed by atoms with Crippen LogP contribution in [0.3, 0.4) is 0 Å². The van der Waals surface area contributed by atoms with E-state index in [1.54, 1.807) is 26.0 Å². The minimum atomic E-state index is -4.02. The molecule has 1 heterocycles. The number of carbonyl (C=O) groups excluding carboxylic acids is 1. The van der Waals surface area contributed by atoms with Crippen LogP contribution in [0.15, 0.2) is 46.1 Å². The van der Waals surface area contributed by atoms with Crippen molar-refractivity contribution in [2.24, 2.45) is 11.5 Å². The predicted molar refractivity (Wildman–Crippen MR) is 119 cm³/mol. The Labute approximate surface area is 185 Å². The van der Waals surface area contributed by atoms with Gasteiger partial charge in [-0.15, -0.1) is 12.4 Å². The Kier molecular flexibility index (Phi) is 9.03. The summed E-state index contributed by atoms with van der Waals surface area (Å²) >= 11 is 0. The number of nitrogens with one attached hydrogen (secondary N) is 3. The fraction of sp³-hybridized carbons (Fsp3) is 0.278. The number of halogens is 1. The molecule has 1 unspecified atom stereocenters. The standard InChI is InChI=1S/C18H24N6O5S.ClH/c1-11-4-3-5-13(10-11)30(27,28)23-14-7-6-12(2)24(17(14)26)15(16(19)25)8-9-29-22-18(20)21;/h3-7,10,15,23H,8-9H2,1-2H3,(H2,19,25)(H4,20,21,22);1H. The Morgan fingerprint density at radius 2 is 1.90 bits per heavy atom. The minimum Gasteiger partial charge on any atom is -0.368 e. The van der Waals surface area contributed by atoms with Crippen molar-refractivity contribution in [1.82, 2.24) is 10.0 Å². The first-order chi connectivity index (χ1) is 14.0. The number of hydroxylamine groups is 1. The second kappa shape index (κ2) is 10.8. The number of hydrogen-bond donors (Lipinski definition) is 5. The number of guanidine groups is 1. The number of aryl methyl sites for hydroxylation is 2. The van der Waals surface area contributed by atoms with Crippen LogP contribution in [0.5, 0.6) is 0 Å². The summed E-state index contributed by atoms with van der Waals surface area (Å²) in [6, 6.07) is 7.95. The van der Waals surface area contributed by atoms with Gasteiger partial charge < -0.3 is 11.5 Å². The number of primary amides is 1. The number of nitrogens with zero attached hydrogens (tertiary/aromatic N) is 1. The highest BCUT2D eigenvalue weighted by Crippen LogP contribution is 2.18. The zero-order valence-electron chi connectivity index (χ0n) is 16.9. The first-order valence-corrected chi connectivity index (χ1v) is 10.3. The summed E-state index contributed by atoms with van der Waals surface area (Å²) in [4.78, 5) is 29.9. The average molecular weight is 473 g/mol. The van der Waals surface area contributed by atoms with Crippen molar-refractivity contribution in [2.75, 3.05) is 11.3 Å². The summed E-state index contributed by atoms with van der Waals surface area (Å²) < 4.78 is 28.7. The highest BCUT2D eigenvalue weighted by molar-refractivity contribution is 7.92. The molecule has 0 spiro atoms. The van der Waals surface area contributed by atoms with Gasteiger partial charge in [-0.1, -0.05) is 12.1 Å². The molecule has 0 radical (unpaired) electrons. The number of sulfonamides is 1. The fourth-order valence-electron chi connectivity index (χ4n) is 2.79. The van der Waals surface area contributed by atoms with E-state index in [1.807, 2.05) is 0 Å². The van der Waals surface area contributed by atoms with Crippen molar-refractivity contribution in [2.45, 2.75) is 31.2 Å². The van der Waals surface area contributed by atoms with Crippen LogP contribution >= 0.6 is 12.4 Å². The normalized spacial score (nSPS) is 11.8. The van der Waals surface area contributed by atoms with Crippen LogP contribution in [0.2, 0.25) is 0 Å². The first-order valence-electron chi connectivity index (χ1n) is 8.85. The molecule has 1 aromatic heterocycles. The average Bonchev–Trinajstić information content (AvgIpc) is 2.65. The summed E-state index contributed by atoms with van der Waals surface area (Å²) in [7, 11) is -4.02. The molecule has 13 heteroatoms. The molecule has 0 bridgehead atoms. The Hall–Kier alpha value is -3.09. The molecule has 0 aliphatic rings. The van der Waals surface area contributed by atoms with Crippen LogP contribution in [0, 0.1) is 19.3 Å². The number of anilines is 1. The largest absolute Gasteiger partial charge is 0.368 e. The van der Waals surface area contributed by atoms with E-state index in [1.165, 1.54) is 24.3 Å². The number of hydrogen-bond acceptors (Lipinski definition) is 6. The second-order valence-electron chi connectivity index (χ2n) is 6.56. The highest BCUT2D eigenvalue weighted by Gasteiger charge is 2.24. The smallest absolute Gasteiger partial charge is 0.275 e. The molecule has 31 heavy (non-hydrogen) atoms. The monoisotopic (exact) mass is 472 g/mol. The molecule has 2 aromatic rings. The highest BCUT2D eigenvalue weighted by atomic mass is 35.5. The summed E-state index contributed by atoms with van der Waals surface area (Å²) in [5, 5.41) is 7.02. The third-order valence-electron chi connectivity index (χ3n) is 4.18. The lowest BCUT2D eigenvalue weighted by molar-refractivity contribution is -0.122. The molecule has 1 aromatic carbocycles. The van der Waals surface area contributed by atoms with E-state index in [-0.39, 0.29) is 36.0 Å². The quantitative estimate of drug-likeness (QED) is 0.152. The molecule has 7 N–H and O–H groups in total. The molecule has 1 atom stereocenters. The van der Waals surface area contributed by atoms with Crippen molar-refractivity contribution in [1.29, 1.82) is 5.41 Å². The molecule has 170 valence electrons. The Morgan fingerprint density at radius 3 is 2.48 bits per heavy atom. The minimum absolute atomic E-state index is 0. The molecule has 0 aliphatic heterocycles. The Morgan fingerprint density at radius 1 is 1.23 bits per heavy atom. The Balaban J connectivity index is 0.00000480. The van der Waals surface area contributed by atoms with E-state index in [0.717, 1.165) is 10.1 Å². The van der Waals surface area contributed by atoms with E-state index >= 15 is 0 Å². The van der Waals surface area contributed by atoms with Gasteiger partial charge in [-0.3, -0.25) is 29.1 Å². The summed E-state index contributed by atoms with van der Waals surface area (Å²) in [6.45, 7) is 3.25. The second-order valence-corrected chi connectivity index (χ2v) is 8.24. The topological polar surface area (TPSA) is 182 Å². The zero-order chi connectivity index (χ0) is 22.5. The summed E-state index contributed by atoms with van der Waals surface area (Å²) in [5.74, 6) is -1.23. The summed E-state index contributed by atoms with van der Waals surface area (Å²) in [6.07, 6.45) is -0.00948. The van der Waals surface area contributed by atoms with Gasteiger partial charge in [-0.2, -0.15) is 0 Å². The van der Waals surface area contributed by atoms with Crippen molar-refractivity contribution in [3.63, 3.8) is 0 Å². The molecule has 1 amide bonds. The number of carbonyl (C=O) groups is 1. The molecule has 11 nitrogen and oxygen atoms in total. The fourth-order valence-corrected chi connectivity index (χ4v) is 3.96. The number of aromatic nitrogens is 1. The lowest BCUT2D eigenvalue weighted by atomic mass is 10.1. The van der Waals surface area contributed by atoms with Crippen LogP contribution in [-0.4, -0.2) is 31.5 Å². The van der Waals surface area contributed by atoms with Gasteiger partial charge >= 0.3 is 0 Å². The predicted octanol–water partition coefficient (Wildman–Crippen LogP) is 0.519. The van der Waals surface area contributed by atoms with E-state index in [0.29, 0.717) is 5.69 Å². The molecular weight excluding hydrogens is 448 g/mol. The molecule has 2 rings (SSSR count). The van der Waals surface area contributed by atoms with E-state index in [4.69, 9.17) is 21.7 Å². The number of pyridine rings is 1. The van der Waals surface area contributed by atoms with Crippen LogP contribution < -0.4 is 27.2 Å². The molecule has 0 fully saturated rings. The molecule has 0 aliphatic carbocycles. The van der Waals surface area contributed by atoms with Gasteiger partial charge in [0.2, 0.25) is 11.9 Å². The Bertz CT molecular complexity index is 1120. The number of nitrogens with two attached hydrogens (primary N) is 2. The van der Waals surface area contributed by atoms with Crippen molar-refractivity contribution in [3.05, 3.63) is 58.0 Å². The number of benzene rings is 1. The van der Waals surface area contributed by atoms with Crippen molar-refractivity contribution >= 4 is 40.0 Å². The molecular formula is C18H25ClN6O5S. The molecule has 0 saturated carbocycles. The van der Waals surface area contributed by atoms with E-state index in [2.05, 4.69) is 10.2 Å². The lowest BCUT2D eigenvalue weighted by Crippen LogP contribution is -2.38. The molecule has 0 saturated heterocycles. The maximum atomic E-state index is 13.0. The van der Waals surface area contributed by atoms with Crippen LogP contribution in [0.25, 0.3) is 0 Å². The van der Waals surface area contributed by atoms with Gasteiger partial charge in [0.25, 0.3) is 15.6 Å². The van der Waals surface area contributed by atoms with Gasteiger partial charge in [0, 0.05) is 12.1 Å². The van der Waals surface area contributed by atoms with Gasteiger partial charge in [0.15, 0.2) is 0 Å². The van der Waals surface area contributed by atoms with E-state index in [9.17, 15) is 18.0 Å². The van der Waals surface area contributed by atoms with E-state index < -0.39 is 33.5 Å². The first kappa shape index (κ1) is 25.9. The summed E-state index contributed by atoms with van der Waals surface area (Å²) in [5.41, 5.74) is 12.9. The van der Waals surface area contributed by atoms with Gasteiger partial charge in [-0.05, 0) is 43.7 Å². The number of amides is 1. The van der Waals surface area contributed by atoms with Gasteiger partial charge in [-0.25, -0.2) is 13.9 Å². The van der Waals surface area contributed by atoms with Crippen LogP contribution in [0.1, 0.15) is 23.7 Å². The maximum absolute atomic E-state index is 13.0. The SMILES string of the molecule is Cc1cccc(S(=O)(=O)Nc2ccc(C)n(C(CCONC(=N)N)C(N)=O)c2=O)c1.Cl. The zero-order valence-corrected chi connectivity index (χ0v) is 18.5. The third kappa shape index (κ3) is 6.70. The maximum Gasteiger partial charge on any atom is 0.275 e. The third-order valence-corrected chi connectivity index (χ3v) is 5.54. The number of rotatable bonds is 9. The van der Waals surface area contributed by atoms with Crippen molar-refractivity contribution < 1.29 is 18.0 Å². The van der Waals surface area contributed by atoms with Crippen LogP contribution in [-0.2, 0) is 19.7 Å².